The number of anilines is 1. The Morgan fingerprint density at radius 3 is 1.94 bits per heavy atom. The molecule has 2 heterocycles. The number of pyridine rings is 1. The Hall–Kier alpha value is -4.61. The molecule has 1 amide bonds. The van der Waals surface area contributed by atoms with Crippen molar-refractivity contribution in [2.75, 3.05) is 4.90 Å². The van der Waals surface area contributed by atoms with Gasteiger partial charge in [-0.1, -0.05) is 23.8 Å². The molecule has 1 aromatic heterocycles. The number of rotatable bonds is 7. The highest BCUT2D eigenvalue weighted by Gasteiger charge is 2.44. The molecule has 2 N–H and O–H groups in total. The number of hydrogen-bond donors (Lipinski definition) is 2. The zero-order valence-corrected chi connectivity index (χ0v) is 27.2. The molecule has 50 heavy (non-hydrogen) atoms. The monoisotopic (exact) mass is 731 g/mol. The highest BCUT2D eigenvalue weighted by Crippen LogP contribution is 2.40. The van der Waals surface area contributed by atoms with E-state index >= 15 is 0 Å². The van der Waals surface area contributed by atoms with E-state index in [1.807, 2.05) is 6.92 Å². The van der Waals surface area contributed by atoms with Crippen molar-refractivity contribution in [3.05, 3.63) is 119 Å². The molecule has 2 atom stereocenters. The summed E-state index contributed by atoms with van der Waals surface area (Å²) in [6.45, 7) is 5.08. The maximum atomic E-state index is 14.1. The van der Waals surface area contributed by atoms with Crippen LogP contribution in [0.15, 0.2) is 90.0 Å². The Balaban J connectivity index is 0.000000435. The number of carbonyl (C=O) groups excluding carboxylic acids is 1. The number of carbonyl (C=O) groups is 1. The normalized spacial score (nSPS) is 17.0. The van der Waals surface area contributed by atoms with E-state index in [0.717, 1.165) is 42.1 Å². The number of alkyl halides is 6. The van der Waals surface area contributed by atoms with Gasteiger partial charge in [0.2, 0.25) is 5.91 Å². The second kappa shape index (κ2) is 14.3. The SMILES string of the molecule is CC(C)(N[C@H]1C[C@@H](c2cc(F)cc(F)c2)N(c2ccc(OC(F)(F)F)cc2)C1=O)c1ccc(C(F)(F)F)nc1.Cc1ccc(S(=O)(=O)O)cc1. The Morgan fingerprint density at radius 2 is 1.46 bits per heavy atom. The molecule has 0 unspecified atom stereocenters. The summed E-state index contributed by atoms with van der Waals surface area (Å²) in [6.07, 6.45) is -8.54. The summed E-state index contributed by atoms with van der Waals surface area (Å²) in [4.78, 5) is 18.2. The molecule has 3 aromatic carbocycles. The summed E-state index contributed by atoms with van der Waals surface area (Å²) in [6, 6.07) is 13.3. The number of nitrogens with zero attached hydrogens (tertiary/aromatic N) is 2. The lowest BCUT2D eigenvalue weighted by molar-refractivity contribution is -0.274. The van der Waals surface area contributed by atoms with Crippen molar-refractivity contribution in [1.82, 2.24) is 10.3 Å². The van der Waals surface area contributed by atoms with Crippen molar-refractivity contribution in [3.8, 4) is 5.75 Å². The number of nitrogens with one attached hydrogen (secondary N) is 1. The van der Waals surface area contributed by atoms with E-state index < -0.39 is 69.3 Å². The van der Waals surface area contributed by atoms with Crippen LogP contribution in [-0.4, -0.2) is 36.3 Å². The lowest BCUT2D eigenvalue weighted by Crippen LogP contribution is -2.47. The van der Waals surface area contributed by atoms with Crippen molar-refractivity contribution in [2.24, 2.45) is 0 Å². The number of hydrogen-bond acceptors (Lipinski definition) is 6. The molecule has 0 bridgehead atoms. The quantitative estimate of drug-likeness (QED) is 0.147. The summed E-state index contributed by atoms with van der Waals surface area (Å²) >= 11 is 0. The molecule has 0 spiro atoms. The first-order valence-electron chi connectivity index (χ1n) is 14.5. The van der Waals surface area contributed by atoms with Crippen LogP contribution in [0.4, 0.5) is 40.8 Å². The highest BCUT2D eigenvalue weighted by molar-refractivity contribution is 7.85. The lowest BCUT2D eigenvalue weighted by atomic mass is 9.93. The van der Waals surface area contributed by atoms with E-state index in [2.05, 4.69) is 15.0 Å². The van der Waals surface area contributed by atoms with Gasteiger partial charge in [-0.2, -0.15) is 21.6 Å². The van der Waals surface area contributed by atoms with Crippen molar-refractivity contribution in [3.63, 3.8) is 0 Å². The third-order valence-electron chi connectivity index (χ3n) is 7.55. The van der Waals surface area contributed by atoms with Crippen molar-refractivity contribution in [2.45, 2.75) is 62.2 Å². The van der Waals surface area contributed by atoms with Gasteiger partial charge in [-0.3, -0.25) is 19.6 Å². The van der Waals surface area contributed by atoms with E-state index in [1.165, 1.54) is 35.2 Å². The number of ether oxygens (including phenoxy) is 1. The lowest BCUT2D eigenvalue weighted by Gasteiger charge is -2.30. The number of amides is 1. The van der Waals surface area contributed by atoms with E-state index in [0.29, 0.717) is 11.6 Å². The summed E-state index contributed by atoms with van der Waals surface area (Å²) < 4.78 is 138. The van der Waals surface area contributed by atoms with Gasteiger partial charge in [0.1, 0.15) is 23.1 Å². The molecule has 1 saturated heterocycles. The van der Waals surface area contributed by atoms with Gasteiger partial charge < -0.3 is 9.64 Å². The van der Waals surface area contributed by atoms with Crippen molar-refractivity contribution in [1.29, 1.82) is 0 Å². The molecule has 0 aliphatic carbocycles. The molecule has 268 valence electrons. The molecular formula is C33H29F8N3O5S. The van der Waals surface area contributed by atoms with Crippen LogP contribution in [0.2, 0.25) is 0 Å². The first kappa shape index (κ1) is 38.2. The minimum atomic E-state index is -4.93. The zero-order chi connectivity index (χ0) is 37.2. The van der Waals surface area contributed by atoms with Gasteiger partial charge in [-0.05, 0) is 92.9 Å². The highest BCUT2D eigenvalue weighted by atomic mass is 32.2. The van der Waals surface area contributed by atoms with Gasteiger partial charge in [0.05, 0.1) is 17.0 Å². The topological polar surface area (TPSA) is 109 Å². The number of halogens is 8. The maximum absolute atomic E-state index is 14.1. The van der Waals surface area contributed by atoms with Crippen LogP contribution in [0.25, 0.3) is 0 Å². The van der Waals surface area contributed by atoms with E-state index in [-0.39, 0.29) is 22.6 Å². The van der Waals surface area contributed by atoms with Crippen LogP contribution in [0, 0.1) is 18.6 Å². The van der Waals surface area contributed by atoms with Gasteiger partial charge in [0, 0.05) is 23.5 Å². The molecular weight excluding hydrogens is 702 g/mol. The Morgan fingerprint density at radius 1 is 0.880 bits per heavy atom. The average molecular weight is 732 g/mol. The minimum absolute atomic E-state index is 0.0139. The van der Waals surface area contributed by atoms with Crippen LogP contribution < -0.4 is 15.0 Å². The first-order valence-corrected chi connectivity index (χ1v) is 16.0. The summed E-state index contributed by atoms with van der Waals surface area (Å²) in [7, 11) is -4.02. The van der Waals surface area contributed by atoms with Gasteiger partial charge in [-0.15, -0.1) is 13.2 Å². The van der Waals surface area contributed by atoms with E-state index in [9.17, 15) is 48.3 Å². The smallest absolute Gasteiger partial charge is 0.406 e. The van der Waals surface area contributed by atoms with Gasteiger partial charge in [0.15, 0.2) is 0 Å². The predicted octanol–water partition coefficient (Wildman–Crippen LogP) is 7.89. The average Bonchev–Trinajstić information content (AvgIpc) is 3.31. The van der Waals surface area contributed by atoms with Crippen LogP contribution in [-0.2, 0) is 26.6 Å². The third-order valence-corrected chi connectivity index (χ3v) is 8.42. The summed E-state index contributed by atoms with van der Waals surface area (Å²) in [5.41, 5.74) is -0.620. The van der Waals surface area contributed by atoms with E-state index in [1.54, 1.807) is 26.0 Å². The fourth-order valence-corrected chi connectivity index (χ4v) is 5.68. The van der Waals surface area contributed by atoms with Crippen molar-refractivity contribution < 1.29 is 57.6 Å². The van der Waals surface area contributed by atoms with Crippen LogP contribution in [0.1, 0.15) is 48.7 Å². The zero-order valence-electron chi connectivity index (χ0n) is 26.4. The van der Waals surface area contributed by atoms with Crippen LogP contribution >= 0.6 is 0 Å². The van der Waals surface area contributed by atoms with Gasteiger partial charge >= 0.3 is 12.5 Å². The fourth-order valence-electron chi connectivity index (χ4n) is 5.20. The molecule has 1 fully saturated rings. The number of benzene rings is 3. The van der Waals surface area contributed by atoms with E-state index in [4.69, 9.17) is 4.55 Å². The molecule has 0 radical (unpaired) electrons. The first-order chi connectivity index (χ1) is 23.0. The van der Waals surface area contributed by atoms with Gasteiger partial charge in [0.25, 0.3) is 10.1 Å². The maximum Gasteiger partial charge on any atom is 0.573 e. The molecule has 0 saturated carbocycles. The standard InChI is InChI=1S/C26H21F8N3O2.C7H8O3S/c1-24(2,15-3-8-22(35-13-15)25(29,30)31)36-20-12-21(14-9-16(27)11-17(28)10-14)37(23(20)38)18-4-6-19(7-5-18)39-26(32,33)34;1-6-2-4-7(5-3-6)11(8,9)10/h3-11,13,20-21,36H,12H2,1-2H3;2-5H,1H3,(H,8,9,10)/t20-,21-;/m0./s1. The molecule has 5 rings (SSSR count). The Kier molecular flexibility index (Phi) is 10.9. The predicted molar refractivity (Wildman–Crippen MR) is 165 cm³/mol. The molecule has 1 aliphatic heterocycles. The van der Waals surface area contributed by atoms with Crippen molar-refractivity contribution >= 4 is 21.7 Å². The van der Waals surface area contributed by atoms with Gasteiger partial charge in [-0.25, -0.2) is 8.78 Å². The molecule has 1 aliphatic rings. The van der Waals surface area contributed by atoms with Crippen LogP contribution in [0.3, 0.4) is 0 Å². The Labute approximate surface area is 281 Å². The second-order valence-corrected chi connectivity index (χ2v) is 13.2. The second-order valence-electron chi connectivity index (χ2n) is 11.7. The minimum Gasteiger partial charge on any atom is -0.406 e. The Bertz CT molecular complexity index is 1900. The third kappa shape index (κ3) is 9.76. The largest absolute Gasteiger partial charge is 0.573 e. The summed E-state index contributed by atoms with van der Waals surface area (Å²) in [5.74, 6) is -2.88. The fraction of sp³-hybridized carbons (Fsp3) is 0.273. The number of aromatic nitrogens is 1. The van der Waals surface area contributed by atoms with Crippen LogP contribution in [0.5, 0.6) is 5.75 Å². The molecule has 17 heteroatoms. The number of aryl methyl sites for hydroxylation is 1. The molecule has 8 nitrogen and oxygen atoms in total. The molecule has 4 aromatic rings. The summed E-state index contributed by atoms with van der Waals surface area (Å²) in [5, 5.41) is 3.08.